The molecular formula is C26H34O6. The van der Waals surface area contributed by atoms with Gasteiger partial charge in [-0.3, -0.25) is 0 Å². The monoisotopic (exact) mass is 442 g/mol. The van der Waals surface area contributed by atoms with E-state index in [2.05, 4.69) is 6.92 Å². The fourth-order valence-corrected chi connectivity index (χ4v) is 3.70. The molecule has 0 amide bonds. The maximum absolute atomic E-state index is 12.5. The Bertz CT molecular complexity index is 808. The Morgan fingerprint density at radius 2 is 1.28 bits per heavy atom. The number of benzene rings is 2. The first-order valence-electron chi connectivity index (χ1n) is 11.4. The highest BCUT2D eigenvalue weighted by Crippen LogP contribution is 2.31. The molecule has 6 heteroatoms. The number of hydrogen-bond donors (Lipinski definition) is 2. The molecule has 2 N–H and O–H groups in total. The first-order valence-corrected chi connectivity index (χ1v) is 11.4. The van der Waals surface area contributed by atoms with Crippen LogP contribution in [0.25, 0.3) is 0 Å². The van der Waals surface area contributed by atoms with Gasteiger partial charge >= 0.3 is 11.9 Å². The maximum Gasteiger partial charge on any atom is 0.352 e. The molecule has 0 saturated carbocycles. The maximum atomic E-state index is 12.5. The van der Waals surface area contributed by atoms with Crippen molar-refractivity contribution in [3.05, 3.63) is 60.7 Å². The van der Waals surface area contributed by atoms with Crippen LogP contribution in [0.15, 0.2) is 60.7 Å². The van der Waals surface area contributed by atoms with Gasteiger partial charge in [0.05, 0.1) is 0 Å². The minimum Gasteiger partial charge on any atom is -0.478 e. The van der Waals surface area contributed by atoms with Crippen molar-refractivity contribution >= 4 is 11.9 Å². The summed E-state index contributed by atoms with van der Waals surface area (Å²) in [4.78, 5) is 24.7. The number of aliphatic carboxylic acids is 2. The summed E-state index contributed by atoms with van der Waals surface area (Å²) in [7, 11) is 0. The highest BCUT2D eigenvalue weighted by molar-refractivity contribution is 5.88. The van der Waals surface area contributed by atoms with Crippen molar-refractivity contribution < 1.29 is 29.3 Å². The van der Waals surface area contributed by atoms with E-state index in [4.69, 9.17) is 9.47 Å². The van der Waals surface area contributed by atoms with E-state index in [9.17, 15) is 19.8 Å². The molecule has 2 aromatic carbocycles. The highest BCUT2D eigenvalue weighted by Gasteiger charge is 2.54. The molecule has 2 rings (SSSR count). The summed E-state index contributed by atoms with van der Waals surface area (Å²) >= 11 is 0. The van der Waals surface area contributed by atoms with E-state index in [-0.39, 0.29) is 17.9 Å². The molecule has 0 fully saturated rings. The largest absolute Gasteiger partial charge is 0.478 e. The molecule has 0 aliphatic carbocycles. The van der Waals surface area contributed by atoms with E-state index < -0.39 is 23.6 Å². The second-order valence-corrected chi connectivity index (χ2v) is 7.98. The number of hydrogen-bond acceptors (Lipinski definition) is 4. The summed E-state index contributed by atoms with van der Waals surface area (Å²) in [5, 5.41) is 20.2. The van der Waals surface area contributed by atoms with Crippen molar-refractivity contribution in [2.75, 3.05) is 0 Å². The highest BCUT2D eigenvalue weighted by atomic mass is 16.6. The lowest BCUT2D eigenvalue weighted by Crippen LogP contribution is -2.60. The number of carboxylic acids is 2. The molecule has 0 saturated heterocycles. The van der Waals surface area contributed by atoms with Gasteiger partial charge in [0.1, 0.15) is 11.5 Å². The molecular weight excluding hydrogens is 408 g/mol. The molecule has 0 aliphatic rings. The zero-order chi connectivity index (χ0) is 23.2. The van der Waals surface area contributed by atoms with E-state index in [1.165, 1.54) is 19.3 Å². The fraction of sp³-hybridized carbons (Fsp3) is 0.462. The van der Waals surface area contributed by atoms with Gasteiger partial charge in [-0.1, -0.05) is 88.3 Å². The van der Waals surface area contributed by atoms with Gasteiger partial charge in [-0.05, 0) is 30.7 Å². The third kappa shape index (κ3) is 7.59. The van der Waals surface area contributed by atoms with Crippen molar-refractivity contribution in [2.45, 2.75) is 76.4 Å². The van der Waals surface area contributed by atoms with Crippen LogP contribution in [-0.4, -0.2) is 33.9 Å². The van der Waals surface area contributed by atoms with Gasteiger partial charge in [0, 0.05) is 6.42 Å². The molecule has 0 radical (unpaired) electrons. The normalized spacial score (nSPS) is 13.7. The third-order valence-electron chi connectivity index (χ3n) is 5.45. The molecule has 174 valence electrons. The Kier molecular flexibility index (Phi) is 10.6. The van der Waals surface area contributed by atoms with Crippen LogP contribution in [0.2, 0.25) is 0 Å². The average molecular weight is 443 g/mol. The van der Waals surface area contributed by atoms with Crippen LogP contribution in [0.3, 0.4) is 0 Å². The summed E-state index contributed by atoms with van der Waals surface area (Å²) in [6, 6.07) is 16.8. The standard InChI is InChI=1S/C26H34O6/c1-2-3-4-5-6-7-8-15-20-26(25(29)30,32-22-18-13-10-14-19-22)23(24(27)28)31-21-16-11-9-12-17-21/h9-14,16-19,23H,2-8,15,20H2,1H3,(H,27,28)(H,29,30). The quantitative estimate of drug-likeness (QED) is 0.312. The van der Waals surface area contributed by atoms with Gasteiger partial charge < -0.3 is 19.7 Å². The van der Waals surface area contributed by atoms with Crippen molar-refractivity contribution in [2.24, 2.45) is 0 Å². The van der Waals surface area contributed by atoms with Crippen molar-refractivity contribution in [1.29, 1.82) is 0 Å². The lowest BCUT2D eigenvalue weighted by molar-refractivity contribution is -0.177. The molecule has 32 heavy (non-hydrogen) atoms. The number of para-hydroxylation sites is 2. The van der Waals surface area contributed by atoms with Crippen molar-refractivity contribution in [3.63, 3.8) is 0 Å². The molecule has 2 atom stereocenters. The molecule has 2 aromatic rings. The van der Waals surface area contributed by atoms with Crippen LogP contribution in [0.1, 0.15) is 64.7 Å². The first kappa shape index (κ1) is 25.2. The number of unbranched alkanes of at least 4 members (excludes halogenated alkanes) is 7. The molecule has 0 heterocycles. The number of rotatable bonds is 16. The number of ether oxygens (including phenoxy) is 2. The molecule has 0 bridgehead atoms. The van der Waals surface area contributed by atoms with Gasteiger partial charge in [-0.25, -0.2) is 9.59 Å². The van der Waals surface area contributed by atoms with E-state index >= 15 is 0 Å². The van der Waals surface area contributed by atoms with E-state index in [1.807, 2.05) is 0 Å². The predicted molar refractivity (Wildman–Crippen MR) is 123 cm³/mol. The van der Waals surface area contributed by atoms with Gasteiger partial charge in [-0.2, -0.15) is 0 Å². The summed E-state index contributed by atoms with van der Waals surface area (Å²) in [5.74, 6) is -2.17. The Morgan fingerprint density at radius 1 is 0.781 bits per heavy atom. The van der Waals surface area contributed by atoms with Crippen LogP contribution in [-0.2, 0) is 9.59 Å². The third-order valence-corrected chi connectivity index (χ3v) is 5.45. The van der Waals surface area contributed by atoms with Crippen LogP contribution >= 0.6 is 0 Å². The summed E-state index contributed by atoms with van der Waals surface area (Å²) in [6.07, 6.45) is 6.48. The molecule has 2 unspecified atom stereocenters. The number of carboxylic acid groups (broad SMARTS) is 2. The summed E-state index contributed by atoms with van der Waals surface area (Å²) in [5.41, 5.74) is -2.06. The Balaban J connectivity index is 2.20. The van der Waals surface area contributed by atoms with Crippen LogP contribution < -0.4 is 9.47 Å². The van der Waals surface area contributed by atoms with Gasteiger partial charge in [-0.15, -0.1) is 0 Å². The van der Waals surface area contributed by atoms with E-state index in [0.717, 1.165) is 25.7 Å². The molecule has 0 aliphatic heterocycles. The average Bonchev–Trinajstić information content (AvgIpc) is 2.79. The molecule has 0 spiro atoms. The second kappa shape index (κ2) is 13.4. The second-order valence-electron chi connectivity index (χ2n) is 7.98. The smallest absolute Gasteiger partial charge is 0.352 e. The summed E-state index contributed by atoms with van der Waals surface area (Å²) in [6.45, 7) is 2.18. The molecule has 0 aromatic heterocycles. The van der Waals surface area contributed by atoms with E-state index in [1.54, 1.807) is 60.7 Å². The SMILES string of the molecule is CCCCCCCCCCC(Oc1ccccc1)(C(=O)O)C(Oc1ccccc1)C(=O)O. The first-order chi connectivity index (χ1) is 15.5. The van der Waals surface area contributed by atoms with Gasteiger partial charge in [0.15, 0.2) is 0 Å². The number of carbonyl (C=O) groups is 2. The van der Waals surface area contributed by atoms with Crippen LogP contribution in [0.4, 0.5) is 0 Å². The minimum absolute atomic E-state index is 0.0238. The zero-order valence-corrected chi connectivity index (χ0v) is 18.7. The predicted octanol–water partition coefficient (Wildman–Crippen LogP) is 5.95. The molecule has 6 nitrogen and oxygen atoms in total. The lowest BCUT2D eigenvalue weighted by atomic mass is 9.88. The summed E-state index contributed by atoms with van der Waals surface area (Å²) < 4.78 is 11.6. The Hall–Kier alpha value is -3.02. The Morgan fingerprint density at radius 3 is 1.78 bits per heavy atom. The van der Waals surface area contributed by atoms with Crippen LogP contribution in [0.5, 0.6) is 11.5 Å². The van der Waals surface area contributed by atoms with Crippen molar-refractivity contribution in [1.82, 2.24) is 0 Å². The topological polar surface area (TPSA) is 93.1 Å². The van der Waals surface area contributed by atoms with Gasteiger partial charge in [0.25, 0.3) is 5.60 Å². The zero-order valence-electron chi connectivity index (χ0n) is 18.7. The fourth-order valence-electron chi connectivity index (χ4n) is 3.70. The Labute approximate surface area is 190 Å². The lowest BCUT2D eigenvalue weighted by Gasteiger charge is -2.35. The van der Waals surface area contributed by atoms with E-state index in [0.29, 0.717) is 6.42 Å². The van der Waals surface area contributed by atoms with Crippen molar-refractivity contribution in [3.8, 4) is 11.5 Å². The minimum atomic E-state index is -2.06. The van der Waals surface area contributed by atoms with Gasteiger partial charge in [0.2, 0.25) is 6.10 Å². The van der Waals surface area contributed by atoms with Crippen LogP contribution in [0, 0.1) is 0 Å².